The zero-order valence-electron chi connectivity index (χ0n) is 11.9. The molecule has 22 heavy (non-hydrogen) atoms. The van der Waals surface area contributed by atoms with Crippen molar-refractivity contribution < 1.29 is 14.0 Å². The van der Waals surface area contributed by atoms with Crippen LogP contribution in [-0.2, 0) is 0 Å². The zero-order chi connectivity index (χ0) is 15.5. The fourth-order valence-corrected chi connectivity index (χ4v) is 2.72. The lowest BCUT2D eigenvalue weighted by Crippen LogP contribution is -2.50. The highest BCUT2D eigenvalue weighted by Gasteiger charge is 2.25. The summed E-state index contributed by atoms with van der Waals surface area (Å²) in [6.45, 7) is 2.15. The molecule has 0 aliphatic carbocycles. The number of hydrogen-bond acceptors (Lipinski definition) is 3. The molecule has 1 aromatic heterocycles. The van der Waals surface area contributed by atoms with Gasteiger partial charge in [-0.15, -0.1) is 0 Å². The number of piperazine rings is 1. The molecule has 2 amide bonds. The first-order chi connectivity index (χ1) is 10.6. The number of nitrogens with zero attached hydrogens (tertiary/aromatic N) is 2. The van der Waals surface area contributed by atoms with Gasteiger partial charge in [0.25, 0.3) is 11.8 Å². The van der Waals surface area contributed by atoms with E-state index in [1.807, 2.05) is 12.1 Å². The predicted octanol–water partition coefficient (Wildman–Crippen LogP) is 2.64. The normalized spacial score (nSPS) is 15.0. The second kappa shape index (κ2) is 6.36. The second-order valence-electron chi connectivity index (χ2n) is 5.10. The van der Waals surface area contributed by atoms with Crippen molar-refractivity contribution in [1.29, 1.82) is 0 Å². The van der Waals surface area contributed by atoms with Crippen LogP contribution < -0.4 is 0 Å². The predicted molar refractivity (Wildman–Crippen MR) is 84.7 cm³/mol. The van der Waals surface area contributed by atoms with Gasteiger partial charge in [-0.05, 0) is 30.3 Å². The first-order valence-corrected chi connectivity index (χ1v) is 7.81. The molecule has 0 bridgehead atoms. The highest BCUT2D eigenvalue weighted by Crippen LogP contribution is 2.15. The van der Waals surface area contributed by atoms with Crippen molar-refractivity contribution in [2.24, 2.45) is 0 Å². The Morgan fingerprint density at radius 3 is 1.91 bits per heavy atom. The van der Waals surface area contributed by atoms with Gasteiger partial charge in [-0.1, -0.05) is 15.9 Å². The van der Waals surface area contributed by atoms with E-state index >= 15 is 0 Å². The molecule has 6 heteroatoms. The molecule has 0 N–H and O–H groups in total. The van der Waals surface area contributed by atoms with Crippen LogP contribution in [-0.4, -0.2) is 47.8 Å². The van der Waals surface area contributed by atoms with Gasteiger partial charge >= 0.3 is 0 Å². The fourth-order valence-electron chi connectivity index (χ4n) is 2.46. The summed E-state index contributed by atoms with van der Waals surface area (Å²) in [6, 6.07) is 8.96. The molecule has 1 saturated heterocycles. The Bertz CT molecular complexity index is 659. The standard InChI is InChI=1S/C16H15BrN2O3/c17-14-3-1-12(2-4-14)15(20)18-6-8-19(9-7-18)16(21)13-5-10-22-11-13/h1-5,10-11H,6-9H2. The topological polar surface area (TPSA) is 53.8 Å². The molecule has 0 saturated carbocycles. The summed E-state index contributed by atoms with van der Waals surface area (Å²) < 4.78 is 5.88. The van der Waals surface area contributed by atoms with Crippen molar-refractivity contribution in [1.82, 2.24) is 9.80 Å². The lowest BCUT2D eigenvalue weighted by atomic mass is 10.1. The van der Waals surface area contributed by atoms with Crippen LogP contribution in [0.25, 0.3) is 0 Å². The lowest BCUT2D eigenvalue weighted by Gasteiger charge is -2.34. The van der Waals surface area contributed by atoms with Gasteiger partial charge in [-0.2, -0.15) is 0 Å². The summed E-state index contributed by atoms with van der Waals surface area (Å²) in [5.41, 5.74) is 1.21. The van der Waals surface area contributed by atoms with Gasteiger partial charge in [0.15, 0.2) is 0 Å². The molecule has 1 aliphatic heterocycles. The Labute approximate surface area is 136 Å². The number of benzene rings is 1. The van der Waals surface area contributed by atoms with Crippen LogP contribution in [0.5, 0.6) is 0 Å². The fraction of sp³-hybridized carbons (Fsp3) is 0.250. The third kappa shape index (κ3) is 3.06. The van der Waals surface area contributed by atoms with Crippen LogP contribution in [0.15, 0.2) is 51.7 Å². The Morgan fingerprint density at radius 2 is 1.41 bits per heavy atom. The van der Waals surface area contributed by atoms with Crippen LogP contribution >= 0.6 is 15.9 Å². The Morgan fingerprint density at radius 1 is 0.864 bits per heavy atom. The van der Waals surface area contributed by atoms with E-state index in [9.17, 15) is 9.59 Å². The van der Waals surface area contributed by atoms with Crippen molar-refractivity contribution in [3.05, 3.63) is 58.5 Å². The summed E-state index contributed by atoms with van der Waals surface area (Å²) >= 11 is 3.36. The monoisotopic (exact) mass is 362 g/mol. The Kier molecular flexibility index (Phi) is 4.29. The van der Waals surface area contributed by atoms with E-state index < -0.39 is 0 Å². The third-order valence-corrected chi connectivity index (χ3v) is 4.24. The number of halogens is 1. The van der Waals surface area contributed by atoms with Gasteiger partial charge in [0.05, 0.1) is 11.8 Å². The molecule has 0 atom stereocenters. The van der Waals surface area contributed by atoms with E-state index in [2.05, 4.69) is 15.9 Å². The average molecular weight is 363 g/mol. The van der Waals surface area contributed by atoms with Gasteiger partial charge in [-0.25, -0.2) is 0 Å². The van der Waals surface area contributed by atoms with E-state index in [0.29, 0.717) is 37.3 Å². The first kappa shape index (κ1) is 14.8. The summed E-state index contributed by atoms with van der Waals surface area (Å²) in [4.78, 5) is 28.1. The minimum Gasteiger partial charge on any atom is -0.472 e. The van der Waals surface area contributed by atoms with Crippen LogP contribution in [0.1, 0.15) is 20.7 Å². The van der Waals surface area contributed by atoms with Crippen molar-refractivity contribution in [2.45, 2.75) is 0 Å². The number of amides is 2. The molecule has 0 spiro atoms. The van der Waals surface area contributed by atoms with Crippen LogP contribution in [0.2, 0.25) is 0 Å². The van der Waals surface area contributed by atoms with Gasteiger partial charge in [0.2, 0.25) is 0 Å². The van der Waals surface area contributed by atoms with Gasteiger partial charge in [0.1, 0.15) is 6.26 Å². The molecular weight excluding hydrogens is 348 g/mol. The third-order valence-electron chi connectivity index (χ3n) is 3.71. The molecule has 5 nitrogen and oxygen atoms in total. The highest BCUT2D eigenvalue weighted by molar-refractivity contribution is 9.10. The molecule has 1 aromatic carbocycles. The van der Waals surface area contributed by atoms with E-state index in [0.717, 1.165) is 4.47 Å². The highest BCUT2D eigenvalue weighted by atomic mass is 79.9. The van der Waals surface area contributed by atoms with E-state index in [1.54, 1.807) is 28.0 Å². The Hall–Kier alpha value is -2.08. The largest absolute Gasteiger partial charge is 0.472 e. The molecule has 114 valence electrons. The van der Waals surface area contributed by atoms with E-state index in [4.69, 9.17) is 4.42 Å². The lowest BCUT2D eigenvalue weighted by molar-refractivity contribution is 0.0535. The number of carbonyl (C=O) groups is 2. The summed E-state index contributed by atoms with van der Waals surface area (Å²) in [5.74, 6) is -0.0487. The van der Waals surface area contributed by atoms with Crippen LogP contribution in [0, 0.1) is 0 Å². The van der Waals surface area contributed by atoms with Crippen molar-refractivity contribution in [3.63, 3.8) is 0 Å². The molecular formula is C16H15BrN2O3. The van der Waals surface area contributed by atoms with Gasteiger partial charge in [-0.3, -0.25) is 9.59 Å². The van der Waals surface area contributed by atoms with Crippen molar-refractivity contribution in [2.75, 3.05) is 26.2 Å². The van der Waals surface area contributed by atoms with Gasteiger partial charge < -0.3 is 14.2 Å². The van der Waals surface area contributed by atoms with E-state index in [-0.39, 0.29) is 11.8 Å². The number of rotatable bonds is 2. The zero-order valence-corrected chi connectivity index (χ0v) is 13.5. The van der Waals surface area contributed by atoms with Gasteiger partial charge in [0, 0.05) is 36.2 Å². The first-order valence-electron chi connectivity index (χ1n) is 7.01. The molecule has 3 rings (SSSR count). The Balaban J connectivity index is 1.60. The van der Waals surface area contributed by atoms with E-state index in [1.165, 1.54) is 12.5 Å². The average Bonchev–Trinajstić information content (AvgIpc) is 3.09. The quantitative estimate of drug-likeness (QED) is 0.824. The molecule has 1 fully saturated rings. The maximum Gasteiger partial charge on any atom is 0.257 e. The molecule has 0 radical (unpaired) electrons. The maximum absolute atomic E-state index is 12.4. The van der Waals surface area contributed by atoms with Crippen LogP contribution in [0.4, 0.5) is 0 Å². The SMILES string of the molecule is O=C(c1ccc(Br)cc1)N1CCN(C(=O)c2ccoc2)CC1. The maximum atomic E-state index is 12.4. The molecule has 1 aliphatic rings. The van der Waals surface area contributed by atoms with Crippen LogP contribution in [0.3, 0.4) is 0 Å². The van der Waals surface area contributed by atoms with Crippen molar-refractivity contribution >= 4 is 27.7 Å². The number of carbonyl (C=O) groups excluding carboxylic acids is 2. The molecule has 0 unspecified atom stereocenters. The minimum absolute atomic E-state index is 0.00269. The molecule has 2 heterocycles. The minimum atomic E-state index is -0.0514. The smallest absolute Gasteiger partial charge is 0.257 e. The summed E-state index contributed by atoms with van der Waals surface area (Å²) in [6.07, 6.45) is 2.93. The second-order valence-corrected chi connectivity index (χ2v) is 6.02. The number of furan rings is 1. The summed E-state index contributed by atoms with van der Waals surface area (Å²) in [7, 11) is 0. The molecule has 2 aromatic rings. The number of hydrogen-bond donors (Lipinski definition) is 0. The van der Waals surface area contributed by atoms with Crippen molar-refractivity contribution in [3.8, 4) is 0 Å². The summed E-state index contributed by atoms with van der Waals surface area (Å²) in [5, 5.41) is 0.